The molecule has 0 radical (unpaired) electrons. The van der Waals surface area contributed by atoms with Crippen molar-refractivity contribution in [3.8, 4) is 11.5 Å². The lowest BCUT2D eigenvalue weighted by Gasteiger charge is -2.14. The molecule has 0 bridgehead atoms. The van der Waals surface area contributed by atoms with E-state index in [4.69, 9.17) is 21.7 Å². The molecule has 0 unspecified atom stereocenters. The third-order valence-electron chi connectivity index (χ3n) is 3.96. The van der Waals surface area contributed by atoms with Crippen molar-refractivity contribution in [1.29, 1.82) is 0 Å². The van der Waals surface area contributed by atoms with Crippen molar-refractivity contribution in [1.82, 2.24) is 0 Å². The monoisotopic (exact) mass is 493 g/mol. The van der Waals surface area contributed by atoms with Crippen LogP contribution in [0.15, 0.2) is 51.8 Å². The highest BCUT2D eigenvalue weighted by Gasteiger charge is 2.33. The molecule has 0 saturated carbocycles. The number of esters is 1. The van der Waals surface area contributed by atoms with Crippen LogP contribution in [0.25, 0.3) is 6.08 Å². The molecule has 1 aliphatic heterocycles. The molecule has 1 saturated heterocycles. The number of thiocarbonyl (C=S) groups is 1. The normalized spacial score (nSPS) is 15.0. The third-order valence-corrected chi connectivity index (χ3v) is 5.75. The third kappa shape index (κ3) is 4.98. The van der Waals surface area contributed by atoms with Crippen LogP contribution in [0.1, 0.15) is 5.56 Å². The number of hydrogen-bond donors (Lipinski definition) is 0. The highest BCUT2D eigenvalue weighted by Crippen LogP contribution is 2.38. The molecule has 1 aliphatic rings. The molecule has 29 heavy (non-hydrogen) atoms. The summed E-state index contributed by atoms with van der Waals surface area (Å²) in [4.78, 5) is 26.3. The predicted molar refractivity (Wildman–Crippen MR) is 120 cm³/mol. The summed E-state index contributed by atoms with van der Waals surface area (Å²) in [6.07, 6.45) is 1.69. The van der Waals surface area contributed by atoms with E-state index in [0.717, 1.165) is 4.47 Å². The first-order valence-electron chi connectivity index (χ1n) is 8.34. The van der Waals surface area contributed by atoms with Crippen molar-refractivity contribution in [3.63, 3.8) is 0 Å². The summed E-state index contributed by atoms with van der Waals surface area (Å²) in [6.45, 7) is -0.230. The smallest absolute Gasteiger partial charge is 0.343 e. The molecule has 0 N–H and O–H groups in total. The van der Waals surface area contributed by atoms with Gasteiger partial charge in [0.1, 0.15) is 11.5 Å². The Morgan fingerprint density at radius 1 is 1.21 bits per heavy atom. The lowest BCUT2D eigenvalue weighted by Crippen LogP contribution is -2.27. The summed E-state index contributed by atoms with van der Waals surface area (Å²) in [5, 5.41) is 0. The first-order valence-corrected chi connectivity index (χ1v) is 10.4. The largest absolute Gasteiger partial charge is 0.497 e. The number of anilines is 1. The fourth-order valence-corrected chi connectivity index (χ4v) is 4.19. The van der Waals surface area contributed by atoms with Crippen LogP contribution in [0.2, 0.25) is 0 Å². The fraction of sp³-hybridized carbons (Fsp3) is 0.150. The molecular weight excluding hydrogens is 478 g/mol. The number of carbonyl (C=O) groups is 2. The number of thioether (sulfide) groups is 1. The zero-order valence-corrected chi connectivity index (χ0v) is 18.7. The minimum absolute atomic E-state index is 0.230. The van der Waals surface area contributed by atoms with E-state index in [9.17, 15) is 9.59 Å². The number of ether oxygens (including phenoxy) is 3. The summed E-state index contributed by atoms with van der Waals surface area (Å²) >= 11 is 10.0. The van der Waals surface area contributed by atoms with E-state index in [2.05, 4.69) is 20.7 Å². The van der Waals surface area contributed by atoms with Crippen molar-refractivity contribution in [2.45, 2.75) is 0 Å². The second-order valence-corrected chi connectivity index (χ2v) is 8.35. The Kier molecular flexibility index (Phi) is 6.94. The molecule has 0 aliphatic carbocycles. The first kappa shape index (κ1) is 21.4. The maximum atomic E-state index is 13.0. The molecule has 1 amide bonds. The summed E-state index contributed by atoms with van der Waals surface area (Å²) in [7, 11) is 2.87. The van der Waals surface area contributed by atoms with Gasteiger partial charge in [-0.3, -0.25) is 9.69 Å². The Morgan fingerprint density at radius 3 is 2.59 bits per heavy atom. The van der Waals surface area contributed by atoms with Crippen molar-refractivity contribution >= 4 is 67.9 Å². The summed E-state index contributed by atoms with van der Waals surface area (Å²) < 4.78 is 16.5. The van der Waals surface area contributed by atoms with Crippen molar-refractivity contribution in [2.24, 2.45) is 0 Å². The number of benzene rings is 2. The highest BCUT2D eigenvalue weighted by molar-refractivity contribution is 9.10. The molecule has 0 spiro atoms. The molecule has 0 aromatic heterocycles. The lowest BCUT2D eigenvalue weighted by atomic mass is 10.2. The predicted octanol–water partition coefficient (Wildman–Crippen LogP) is 4.42. The quantitative estimate of drug-likeness (QED) is 0.335. The second-order valence-electron chi connectivity index (χ2n) is 5.76. The van der Waals surface area contributed by atoms with E-state index in [1.165, 1.54) is 23.8 Å². The molecular formula is C20H16BrNO5S2. The standard InChI is InChI=1S/C20H16BrNO5S2/c1-25-15-6-4-14(5-7-15)22-19(24)17(29-20(22)28)10-12-9-13(21)3-8-16(12)27-11-18(23)26-2/h3-10H,11H2,1-2H3/b17-10-. The molecule has 2 aromatic carbocycles. The van der Waals surface area contributed by atoms with Gasteiger partial charge in [-0.15, -0.1) is 0 Å². The average molecular weight is 494 g/mol. The van der Waals surface area contributed by atoms with Gasteiger partial charge >= 0.3 is 5.97 Å². The van der Waals surface area contributed by atoms with Gasteiger partial charge < -0.3 is 14.2 Å². The minimum atomic E-state index is -0.496. The maximum Gasteiger partial charge on any atom is 0.343 e. The Morgan fingerprint density at radius 2 is 1.93 bits per heavy atom. The van der Waals surface area contributed by atoms with Crippen LogP contribution in [-0.2, 0) is 14.3 Å². The van der Waals surface area contributed by atoms with Gasteiger partial charge in [-0.1, -0.05) is 39.9 Å². The van der Waals surface area contributed by atoms with E-state index in [-0.39, 0.29) is 12.5 Å². The fourth-order valence-electron chi connectivity index (χ4n) is 2.52. The number of carbonyl (C=O) groups excluding carboxylic acids is 2. The van der Waals surface area contributed by atoms with Gasteiger partial charge in [0.15, 0.2) is 10.9 Å². The van der Waals surface area contributed by atoms with Gasteiger partial charge in [-0.2, -0.15) is 0 Å². The number of amides is 1. The van der Waals surface area contributed by atoms with Crippen molar-refractivity contribution in [2.75, 3.05) is 25.7 Å². The van der Waals surface area contributed by atoms with Gasteiger partial charge in [-0.25, -0.2) is 4.79 Å². The molecule has 150 valence electrons. The van der Waals surface area contributed by atoms with Crippen LogP contribution in [0.3, 0.4) is 0 Å². The van der Waals surface area contributed by atoms with Crippen LogP contribution < -0.4 is 14.4 Å². The van der Waals surface area contributed by atoms with E-state index in [1.807, 2.05) is 0 Å². The molecule has 6 nitrogen and oxygen atoms in total. The number of nitrogens with zero attached hydrogens (tertiary/aromatic N) is 1. The lowest BCUT2D eigenvalue weighted by molar-refractivity contribution is -0.142. The first-order chi connectivity index (χ1) is 13.9. The average Bonchev–Trinajstić information content (AvgIpc) is 3.00. The van der Waals surface area contributed by atoms with Gasteiger partial charge in [0.25, 0.3) is 5.91 Å². The molecule has 9 heteroatoms. The second kappa shape index (κ2) is 9.43. The van der Waals surface area contributed by atoms with Crippen molar-refractivity contribution in [3.05, 3.63) is 57.4 Å². The summed E-state index contributed by atoms with van der Waals surface area (Å²) in [6, 6.07) is 12.4. The maximum absolute atomic E-state index is 13.0. The molecule has 0 atom stereocenters. The molecule has 2 aromatic rings. The highest BCUT2D eigenvalue weighted by atomic mass is 79.9. The van der Waals surface area contributed by atoms with Crippen LogP contribution >= 0.6 is 39.9 Å². The van der Waals surface area contributed by atoms with Gasteiger partial charge in [0, 0.05) is 10.0 Å². The zero-order valence-electron chi connectivity index (χ0n) is 15.5. The van der Waals surface area contributed by atoms with Gasteiger partial charge in [0.05, 0.1) is 24.8 Å². The Hall–Kier alpha value is -2.36. The molecule has 3 rings (SSSR count). The molecule has 1 fully saturated rings. The summed E-state index contributed by atoms with van der Waals surface area (Å²) in [5.41, 5.74) is 1.30. The Bertz CT molecular complexity index is 991. The minimum Gasteiger partial charge on any atom is -0.497 e. The van der Waals surface area contributed by atoms with Gasteiger partial charge in [0.2, 0.25) is 0 Å². The SMILES string of the molecule is COC(=O)COc1ccc(Br)cc1/C=C1\SC(=S)N(c2ccc(OC)cc2)C1=O. The van der Waals surface area contributed by atoms with Gasteiger partial charge in [-0.05, 0) is 48.5 Å². The van der Waals surface area contributed by atoms with Crippen LogP contribution in [-0.4, -0.2) is 37.0 Å². The van der Waals surface area contributed by atoms with E-state index in [1.54, 1.807) is 55.7 Å². The Labute approximate surface area is 185 Å². The number of methoxy groups -OCH3 is 2. The van der Waals surface area contributed by atoms with E-state index < -0.39 is 5.97 Å². The summed E-state index contributed by atoms with van der Waals surface area (Å²) in [5.74, 6) is 0.415. The van der Waals surface area contributed by atoms with E-state index in [0.29, 0.717) is 32.0 Å². The zero-order chi connectivity index (χ0) is 21.0. The number of hydrogen-bond acceptors (Lipinski definition) is 7. The van der Waals surface area contributed by atoms with Crippen LogP contribution in [0.4, 0.5) is 5.69 Å². The van der Waals surface area contributed by atoms with Crippen LogP contribution in [0.5, 0.6) is 11.5 Å². The van der Waals surface area contributed by atoms with E-state index >= 15 is 0 Å². The number of halogens is 1. The Balaban J connectivity index is 1.88. The van der Waals surface area contributed by atoms with Crippen LogP contribution in [0, 0.1) is 0 Å². The topological polar surface area (TPSA) is 65.1 Å². The van der Waals surface area contributed by atoms with Crippen molar-refractivity contribution < 1.29 is 23.8 Å². The number of rotatable bonds is 6. The molecule has 1 heterocycles.